The quantitative estimate of drug-likeness (QED) is 0.789. The van der Waals surface area contributed by atoms with Crippen LogP contribution in [0, 0.1) is 5.92 Å². The van der Waals surface area contributed by atoms with E-state index in [1.54, 1.807) is 0 Å². The fourth-order valence-corrected chi connectivity index (χ4v) is 3.51. The highest BCUT2D eigenvalue weighted by Gasteiger charge is 2.37. The van der Waals surface area contributed by atoms with E-state index in [1.807, 2.05) is 11.8 Å². The maximum atomic E-state index is 13.0. The van der Waals surface area contributed by atoms with Crippen LogP contribution in [-0.4, -0.2) is 72.8 Å². The third-order valence-electron chi connectivity index (χ3n) is 4.28. The Morgan fingerprint density at radius 1 is 1.05 bits per heavy atom. The molecule has 5 nitrogen and oxygen atoms in total. The van der Waals surface area contributed by atoms with E-state index in [4.69, 9.17) is 9.47 Å². The number of hydrogen-bond donors (Lipinski definition) is 0. The van der Waals surface area contributed by atoms with Crippen LogP contribution in [-0.2, 0) is 14.3 Å². The van der Waals surface area contributed by atoms with Crippen LogP contribution in [0.1, 0.15) is 34.6 Å². The first-order valence-corrected chi connectivity index (χ1v) is 8.18. The Hall–Kier alpha value is -0.650. The van der Waals surface area contributed by atoms with Gasteiger partial charge in [-0.05, 0) is 26.7 Å². The van der Waals surface area contributed by atoms with Crippen molar-refractivity contribution in [3.8, 4) is 0 Å². The van der Waals surface area contributed by atoms with Crippen molar-refractivity contribution >= 4 is 5.91 Å². The molecule has 2 saturated heterocycles. The largest absolute Gasteiger partial charge is 0.375 e. The first-order valence-electron chi connectivity index (χ1n) is 8.18. The minimum Gasteiger partial charge on any atom is -0.375 e. The number of ether oxygens (including phenoxy) is 2. The minimum absolute atomic E-state index is 0.0518. The third-order valence-corrected chi connectivity index (χ3v) is 4.28. The van der Waals surface area contributed by atoms with Crippen LogP contribution in [0.3, 0.4) is 0 Å². The van der Waals surface area contributed by atoms with Crippen molar-refractivity contribution in [2.45, 2.75) is 59.0 Å². The zero-order valence-electron chi connectivity index (χ0n) is 14.0. The van der Waals surface area contributed by atoms with E-state index in [0.29, 0.717) is 25.6 Å². The Morgan fingerprint density at radius 2 is 1.67 bits per heavy atom. The van der Waals surface area contributed by atoms with Gasteiger partial charge in [0.25, 0.3) is 0 Å². The molecule has 5 heteroatoms. The zero-order valence-corrected chi connectivity index (χ0v) is 14.0. The van der Waals surface area contributed by atoms with Crippen LogP contribution >= 0.6 is 0 Å². The zero-order chi connectivity index (χ0) is 15.6. The maximum Gasteiger partial charge on any atom is 0.240 e. The molecular formula is C16H30N2O3. The number of nitrogens with zero attached hydrogens (tertiary/aromatic N) is 2. The molecule has 0 aromatic carbocycles. The number of morpholine rings is 2. The monoisotopic (exact) mass is 298 g/mol. The van der Waals surface area contributed by atoms with E-state index in [2.05, 4.69) is 32.6 Å². The summed E-state index contributed by atoms with van der Waals surface area (Å²) in [6.07, 6.45) is 0.510. The fraction of sp³-hybridized carbons (Fsp3) is 0.938. The second-order valence-corrected chi connectivity index (χ2v) is 6.87. The summed E-state index contributed by atoms with van der Waals surface area (Å²) in [5.41, 5.74) is 0. The van der Waals surface area contributed by atoms with Crippen molar-refractivity contribution in [1.82, 2.24) is 9.80 Å². The number of amides is 1. The van der Waals surface area contributed by atoms with Crippen LogP contribution in [0.15, 0.2) is 0 Å². The first-order chi connectivity index (χ1) is 9.88. The Labute approximate surface area is 128 Å². The van der Waals surface area contributed by atoms with Gasteiger partial charge in [-0.25, -0.2) is 0 Å². The molecule has 1 amide bonds. The molecule has 2 aliphatic rings. The van der Waals surface area contributed by atoms with Crippen LogP contribution < -0.4 is 0 Å². The van der Waals surface area contributed by atoms with Gasteiger partial charge in [0.15, 0.2) is 0 Å². The van der Waals surface area contributed by atoms with E-state index in [9.17, 15) is 4.79 Å². The molecule has 0 spiro atoms. The average Bonchev–Trinajstić information content (AvgIpc) is 2.37. The molecule has 0 aliphatic carbocycles. The summed E-state index contributed by atoms with van der Waals surface area (Å²) in [5.74, 6) is 0.551. The van der Waals surface area contributed by atoms with Crippen LogP contribution in [0.4, 0.5) is 0 Å². The Balaban J connectivity index is 2.08. The average molecular weight is 298 g/mol. The van der Waals surface area contributed by atoms with Gasteiger partial charge in [0.05, 0.1) is 31.0 Å². The van der Waals surface area contributed by atoms with Crippen LogP contribution in [0.5, 0.6) is 0 Å². The van der Waals surface area contributed by atoms with Gasteiger partial charge in [-0.2, -0.15) is 0 Å². The molecule has 2 fully saturated rings. The SMILES string of the molecule is CC(C)[C@@H](C(=O)N1CCO[C@H](C)C1)N1C[C@@H](C)O[C@H](C)C1. The van der Waals surface area contributed by atoms with Crippen molar-refractivity contribution in [1.29, 1.82) is 0 Å². The van der Waals surface area contributed by atoms with Gasteiger partial charge in [0, 0.05) is 26.2 Å². The van der Waals surface area contributed by atoms with E-state index in [1.165, 1.54) is 0 Å². The molecule has 0 saturated carbocycles. The number of carbonyl (C=O) groups excluding carboxylic acids is 1. The second-order valence-electron chi connectivity index (χ2n) is 6.87. The van der Waals surface area contributed by atoms with E-state index in [-0.39, 0.29) is 30.3 Å². The molecule has 2 heterocycles. The lowest BCUT2D eigenvalue weighted by atomic mass is 9.98. The number of carbonyl (C=O) groups is 1. The predicted molar refractivity (Wildman–Crippen MR) is 82.2 cm³/mol. The second kappa shape index (κ2) is 7.07. The molecule has 2 aliphatic heterocycles. The summed E-state index contributed by atoms with van der Waals surface area (Å²) in [6.45, 7) is 14.2. The molecule has 0 N–H and O–H groups in total. The summed E-state index contributed by atoms with van der Waals surface area (Å²) >= 11 is 0. The molecule has 122 valence electrons. The van der Waals surface area contributed by atoms with Crippen LogP contribution in [0.2, 0.25) is 0 Å². The molecule has 21 heavy (non-hydrogen) atoms. The van der Waals surface area contributed by atoms with E-state index < -0.39 is 0 Å². The molecule has 0 bridgehead atoms. The summed E-state index contributed by atoms with van der Waals surface area (Å²) in [4.78, 5) is 17.3. The van der Waals surface area contributed by atoms with Crippen molar-refractivity contribution in [3.05, 3.63) is 0 Å². The number of hydrogen-bond acceptors (Lipinski definition) is 4. The van der Waals surface area contributed by atoms with Gasteiger partial charge < -0.3 is 14.4 Å². The third kappa shape index (κ3) is 4.18. The molecule has 4 atom stereocenters. The summed E-state index contributed by atoms with van der Waals surface area (Å²) in [7, 11) is 0. The van der Waals surface area contributed by atoms with Crippen molar-refractivity contribution < 1.29 is 14.3 Å². The van der Waals surface area contributed by atoms with Crippen LogP contribution in [0.25, 0.3) is 0 Å². The smallest absolute Gasteiger partial charge is 0.240 e. The molecule has 0 radical (unpaired) electrons. The highest BCUT2D eigenvalue weighted by atomic mass is 16.5. The lowest BCUT2D eigenvalue weighted by Crippen LogP contribution is -2.59. The van der Waals surface area contributed by atoms with Crippen molar-refractivity contribution in [2.75, 3.05) is 32.8 Å². The highest BCUT2D eigenvalue weighted by Crippen LogP contribution is 2.21. The van der Waals surface area contributed by atoms with Gasteiger partial charge in [0.1, 0.15) is 0 Å². The number of rotatable bonds is 3. The Morgan fingerprint density at radius 3 is 2.19 bits per heavy atom. The molecular weight excluding hydrogens is 268 g/mol. The van der Waals surface area contributed by atoms with E-state index >= 15 is 0 Å². The molecule has 0 aromatic heterocycles. The summed E-state index contributed by atoms with van der Waals surface area (Å²) < 4.78 is 11.4. The van der Waals surface area contributed by atoms with Gasteiger partial charge in [-0.1, -0.05) is 13.8 Å². The Bertz CT molecular complexity index is 351. The first kappa shape index (κ1) is 16.7. The topological polar surface area (TPSA) is 42.0 Å². The molecule has 2 rings (SSSR count). The normalized spacial score (nSPS) is 33.2. The fourth-order valence-electron chi connectivity index (χ4n) is 3.51. The minimum atomic E-state index is -0.0518. The van der Waals surface area contributed by atoms with Gasteiger partial charge in [0.2, 0.25) is 5.91 Å². The van der Waals surface area contributed by atoms with Gasteiger partial charge in [-0.15, -0.1) is 0 Å². The van der Waals surface area contributed by atoms with Crippen molar-refractivity contribution in [2.24, 2.45) is 5.92 Å². The highest BCUT2D eigenvalue weighted by molar-refractivity contribution is 5.82. The predicted octanol–water partition coefficient (Wildman–Crippen LogP) is 1.37. The molecule has 0 unspecified atom stereocenters. The molecule has 0 aromatic rings. The Kier molecular flexibility index (Phi) is 5.63. The van der Waals surface area contributed by atoms with Gasteiger partial charge >= 0.3 is 0 Å². The lowest BCUT2D eigenvalue weighted by molar-refractivity contribution is -0.151. The summed E-state index contributed by atoms with van der Waals surface area (Å²) in [5, 5.41) is 0. The maximum absolute atomic E-state index is 13.0. The van der Waals surface area contributed by atoms with E-state index in [0.717, 1.165) is 13.1 Å². The van der Waals surface area contributed by atoms with Gasteiger partial charge in [-0.3, -0.25) is 9.69 Å². The summed E-state index contributed by atoms with van der Waals surface area (Å²) in [6, 6.07) is -0.0518. The lowest BCUT2D eigenvalue weighted by Gasteiger charge is -2.43. The standard InChI is InChI=1S/C16H30N2O3/c1-11(2)15(18-9-13(4)21-14(5)10-18)16(19)17-6-7-20-12(3)8-17/h11-15H,6-10H2,1-5H3/t12-,13-,14-,15+/m1/s1. The van der Waals surface area contributed by atoms with Crippen molar-refractivity contribution in [3.63, 3.8) is 0 Å².